The summed E-state index contributed by atoms with van der Waals surface area (Å²) < 4.78 is 0. The SMILES string of the molecule is Cc1cnc(C(=O)N2CC[C@@]3(CCCN(Cc4ccccn4)C3)C2)cn1. The Morgan fingerprint density at radius 1 is 1.12 bits per heavy atom. The fourth-order valence-corrected chi connectivity index (χ4v) is 4.27. The maximum Gasteiger partial charge on any atom is 0.274 e. The minimum Gasteiger partial charge on any atom is -0.337 e. The van der Waals surface area contributed by atoms with Gasteiger partial charge in [-0.1, -0.05) is 6.07 Å². The van der Waals surface area contributed by atoms with Gasteiger partial charge in [-0.2, -0.15) is 0 Å². The molecule has 6 nitrogen and oxygen atoms in total. The Morgan fingerprint density at radius 2 is 2.04 bits per heavy atom. The second kappa shape index (κ2) is 7.11. The smallest absolute Gasteiger partial charge is 0.274 e. The second-order valence-corrected chi connectivity index (χ2v) is 7.66. The molecule has 0 N–H and O–H groups in total. The van der Waals surface area contributed by atoms with Crippen molar-refractivity contribution in [1.82, 2.24) is 24.8 Å². The van der Waals surface area contributed by atoms with Crippen LogP contribution in [0.25, 0.3) is 0 Å². The van der Waals surface area contributed by atoms with Crippen LogP contribution in [-0.2, 0) is 6.54 Å². The monoisotopic (exact) mass is 351 g/mol. The Kier molecular flexibility index (Phi) is 4.68. The van der Waals surface area contributed by atoms with Crippen molar-refractivity contribution >= 4 is 5.91 Å². The molecule has 1 atom stereocenters. The summed E-state index contributed by atoms with van der Waals surface area (Å²) in [5.74, 6) is 0.0104. The molecule has 0 radical (unpaired) electrons. The van der Waals surface area contributed by atoms with E-state index in [1.54, 1.807) is 12.4 Å². The first-order valence-corrected chi connectivity index (χ1v) is 9.34. The van der Waals surface area contributed by atoms with Crippen LogP contribution in [0.1, 0.15) is 41.1 Å². The third kappa shape index (κ3) is 3.60. The Balaban J connectivity index is 1.41. The van der Waals surface area contributed by atoms with Crippen molar-refractivity contribution in [2.75, 3.05) is 26.2 Å². The number of hydrogen-bond acceptors (Lipinski definition) is 5. The van der Waals surface area contributed by atoms with E-state index >= 15 is 0 Å². The van der Waals surface area contributed by atoms with E-state index in [4.69, 9.17) is 0 Å². The van der Waals surface area contributed by atoms with Gasteiger partial charge in [0.05, 0.1) is 17.6 Å². The van der Waals surface area contributed by atoms with Crippen molar-refractivity contribution in [3.05, 3.63) is 53.9 Å². The standard InChI is InChI=1S/C20H25N5O/c1-16-11-23-18(12-22-16)19(26)25-10-7-20(15-25)6-4-9-24(14-20)13-17-5-2-3-8-21-17/h2-3,5,8,11-12H,4,6-7,9-10,13-15H2,1H3/t20-/m1/s1. The van der Waals surface area contributed by atoms with Gasteiger partial charge in [-0.3, -0.25) is 19.7 Å². The van der Waals surface area contributed by atoms with E-state index in [1.807, 2.05) is 30.2 Å². The van der Waals surface area contributed by atoms with E-state index in [0.29, 0.717) is 5.69 Å². The lowest BCUT2D eigenvalue weighted by atomic mass is 9.79. The summed E-state index contributed by atoms with van der Waals surface area (Å²) in [6.45, 7) is 6.54. The van der Waals surface area contributed by atoms with Crippen LogP contribution in [-0.4, -0.2) is 56.8 Å². The Labute approximate surface area is 154 Å². The van der Waals surface area contributed by atoms with Gasteiger partial charge in [-0.05, 0) is 44.9 Å². The van der Waals surface area contributed by atoms with Gasteiger partial charge in [0.1, 0.15) is 5.69 Å². The van der Waals surface area contributed by atoms with Gasteiger partial charge in [0.25, 0.3) is 5.91 Å². The summed E-state index contributed by atoms with van der Waals surface area (Å²) in [7, 11) is 0. The number of amides is 1. The number of carbonyl (C=O) groups excluding carboxylic acids is 1. The molecule has 6 heteroatoms. The number of piperidine rings is 1. The fraction of sp³-hybridized carbons (Fsp3) is 0.500. The van der Waals surface area contributed by atoms with E-state index < -0.39 is 0 Å². The molecular weight excluding hydrogens is 326 g/mol. The first kappa shape index (κ1) is 17.1. The Hall–Kier alpha value is -2.34. The minimum absolute atomic E-state index is 0.0104. The average Bonchev–Trinajstić information content (AvgIpc) is 3.06. The van der Waals surface area contributed by atoms with Crippen molar-refractivity contribution in [2.24, 2.45) is 5.41 Å². The number of aryl methyl sites for hydroxylation is 1. The fourth-order valence-electron chi connectivity index (χ4n) is 4.27. The van der Waals surface area contributed by atoms with Crippen molar-refractivity contribution in [3.63, 3.8) is 0 Å². The third-order valence-electron chi connectivity index (χ3n) is 5.58. The molecule has 2 fully saturated rings. The van der Waals surface area contributed by atoms with Crippen LogP contribution in [0.4, 0.5) is 0 Å². The van der Waals surface area contributed by atoms with Crippen molar-refractivity contribution < 1.29 is 4.79 Å². The molecule has 0 saturated carbocycles. The molecule has 0 aliphatic carbocycles. The molecule has 26 heavy (non-hydrogen) atoms. The molecule has 2 aromatic heterocycles. The topological polar surface area (TPSA) is 62.2 Å². The lowest BCUT2D eigenvalue weighted by molar-refractivity contribution is 0.0668. The highest BCUT2D eigenvalue weighted by atomic mass is 16.2. The molecule has 0 unspecified atom stereocenters. The minimum atomic E-state index is 0.0104. The molecule has 0 bridgehead atoms. The van der Waals surface area contributed by atoms with Gasteiger partial charge in [-0.25, -0.2) is 4.98 Å². The maximum absolute atomic E-state index is 12.8. The number of rotatable bonds is 3. The number of aromatic nitrogens is 3. The number of hydrogen-bond donors (Lipinski definition) is 0. The third-order valence-corrected chi connectivity index (χ3v) is 5.58. The predicted molar refractivity (Wildman–Crippen MR) is 98.5 cm³/mol. The molecule has 0 aromatic carbocycles. The quantitative estimate of drug-likeness (QED) is 0.849. The highest BCUT2D eigenvalue weighted by Crippen LogP contribution is 2.39. The normalized spacial score (nSPS) is 23.5. The lowest BCUT2D eigenvalue weighted by Crippen LogP contribution is -2.45. The van der Waals surface area contributed by atoms with Crippen LogP contribution in [0.3, 0.4) is 0 Å². The zero-order valence-corrected chi connectivity index (χ0v) is 15.3. The first-order chi connectivity index (χ1) is 12.6. The van der Waals surface area contributed by atoms with E-state index in [1.165, 1.54) is 12.8 Å². The van der Waals surface area contributed by atoms with Gasteiger partial charge in [0.15, 0.2) is 0 Å². The van der Waals surface area contributed by atoms with E-state index in [0.717, 1.165) is 50.5 Å². The van der Waals surface area contributed by atoms with Crippen LogP contribution >= 0.6 is 0 Å². The van der Waals surface area contributed by atoms with Gasteiger partial charge >= 0.3 is 0 Å². The van der Waals surface area contributed by atoms with Crippen LogP contribution in [0, 0.1) is 12.3 Å². The molecule has 4 heterocycles. The molecule has 1 amide bonds. The number of pyridine rings is 1. The summed E-state index contributed by atoms with van der Waals surface area (Å²) in [4.78, 5) is 30.1. The van der Waals surface area contributed by atoms with Gasteiger partial charge < -0.3 is 4.90 Å². The van der Waals surface area contributed by atoms with Gasteiger partial charge in [0, 0.05) is 44.0 Å². The van der Waals surface area contributed by atoms with Gasteiger partial charge in [0.2, 0.25) is 0 Å². The molecule has 2 saturated heterocycles. The Bertz CT molecular complexity index is 764. The summed E-state index contributed by atoms with van der Waals surface area (Å²) in [5, 5.41) is 0. The zero-order chi connectivity index (χ0) is 18.0. The molecule has 2 aromatic rings. The Morgan fingerprint density at radius 3 is 2.81 bits per heavy atom. The van der Waals surface area contributed by atoms with Crippen molar-refractivity contribution in [3.8, 4) is 0 Å². The summed E-state index contributed by atoms with van der Waals surface area (Å²) in [6, 6.07) is 6.08. The molecule has 136 valence electrons. The van der Waals surface area contributed by atoms with Crippen LogP contribution < -0.4 is 0 Å². The zero-order valence-electron chi connectivity index (χ0n) is 15.3. The first-order valence-electron chi connectivity index (χ1n) is 9.34. The number of nitrogens with zero attached hydrogens (tertiary/aromatic N) is 5. The van der Waals surface area contributed by atoms with Crippen LogP contribution in [0.15, 0.2) is 36.8 Å². The van der Waals surface area contributed by atoms with E-state index in [9.17, 15) is 4.79 Å². The molecule has 2 aliphatic heterocycles. The predicted octanol–water partition coefficient (Wildman–Crippen LogP) is 2.31. The molecule has 2 aliphatic rings. The maximum atomic E-state index is 12.8. The average molecular weight is 351 g/mol. The number of carbonyl (C=O) groups is 1. The van der Waals surface area contributed by atoms with Crippen molar-refractivity contribution in [2.45, 2.75) is 32.7 Å². The summed E-state index contributed by atoms with van der Waals surface area (Å²) in [5.41, 5.74) is 2.61. The number of likely N-dealkylation sites (tertiary alicyclic amines) is 2. The second-order valence-electron chi connectivity index (χ2n) is 7.66. The molecule has 4 rings (SSSR count). The largest absolute Gasteiger partial charge is 0.337 e. The van der Waals surface area contributed by atoms with Gasteiger partial charge in [-0.15, -0.1) is 0 Å². The highest BCUT2D eigenvalue weighted by molar-refractivity contribution is 5.92. The van der Waals surface area contributed by atoms with Crippen LogP contribution in [0.5, 0.6) is 0 Å². The van der Waals surface area contributed by atoms with E-state index in [2.05, 4.69) is 25.9 Å². The van der Waals surface area contributed by atoms with Crippen LogP contribution in [0.2, 0.25) is 0 Å². The summed E-state index contributed by atoms with van der Waals surface area (Å²) in [6.07, 6.45) is 8.55. The highest BCUT2D eigenvalue weighted by Gasteiger charge is 2.43. The van der Waals surface area contributed by atoms with E-state index in [-0.39, 0.29) is 11.3 Å². The lowest BCUT2D eigenvalue weighted by Gasteiger charge is -2.40. The molecular formula is C20H25N5O. The molecule has 1 spiro atoms. The summed E-state index contributed by atoms with van der Waals surface area (Å²) >= 11 is 0. The van der Waals surface area contributed by atoms with Crippen molar-refractivity contribution in [1.29, 1.82) is 0 Å².